The van der Waals surface area contributed by atoms with Gasteiger partial charge in [0, 0.05) is 0 Å². The number of H-pyrrole nitrogens is 2. The van der Waals surface area contributed by atoms with E-state index in [4.69, 9.17) is 12.2 Å². The molecule has 0 bridgehead atoms. The first-order chi connectivity index (χ1) is 6.29. The molecule has 0 amide bonds. The first-order valence-corrected chi connectivity index (χ1v) is 3.85. The van der Waals surface area contributed by atoms with E-state index < -0.39 is 0 Å². The van der Waals surface area contributed by atoms with E-state index in [0.717, 1.165) is 0 Å². The van der Waals surface area contributed by atoms with Crippen LogP contribution in [-0.2, 0) is 0 Å². The van der Waals surface area contributed by atoms with Crippen molar-refractivity contribution in [2.45, 2.75) is 0 Å². The molecular weight excluding hydrogens is 190 g/mol. The second-order valence-electron chi connectivity index (χ2n) is 2.29. The predicted octanol–water partition coefficient (Wildman–Crippen LogP) is 0.0132. The van der Waals surface area contributed by atoms with E-state index in [1.807, 2.05) is 0 Å². The van der Waals surface area contributed by atoms with Crippen LogP contribution in [-0.4, -0.2) is 24.7 Å². The van der Waals surface area contributed by atoms with Gasteiger partial charge in [-0.3, -0.25) is 5.10 Å². The van der Waals surface area contributed by atoms with E-state index in [2.05, 4.69) is 20.2 Å². The monoisotopic (exact) mass is 195 g/mol. The first kappa shape index (κ1) is 7.87. The largest absolute Gasteiger partial charge is 0.347 e. The zero-order chi connectivity index (χ0) is 9.26. The molecule has 6 nitrogen and oxygen atoms in total. The molecule has 2 heterocycles. The fourth-order valence-electron chi connectivity index (χ4n) is 0.952. The lowest BCUT2D eigenvalue weighted by atomic mass is 10.5. The summed E-state index contributed by atoms with van der Waals surface area (Å²) in [5.41, 5.74) is 0.204. The van der Waals surface area contributed by atoms with Crippen molar-refractivity contribution < 1.29 is 0 Å². The SMILES string of the molecule is O=c1[nH][nH]c(=S)n1-c1cncnc1. The van der Waals surface area contributed by atoms with E-state index in [9.17, 15) is 4.79 Å². The number of nitrogens with zero attached hydrogens (tertiary/aromatic N) is 3. The topological polar surface area (TPSA) is 79.4 Å². The first-order valence-electron chi connectivity index (χ1n) is 3.44. The Morgan fingerprint density at radius 3 is 2.54 bits per heavy atom. The Kier molecular flexibility index (Phi) is 1.78. The summed E-state index contributed by atoms with van der Waals surface area (Å²) in [4.78, 5) is 18.8. The lowest BCUT2D eigenvalue weighted by molar-refractivity contribution is 0.947. The van der Waals surface area contributed by atoms with Crippen LogP contribution in [0.15, 0.2) is 23.5 Å². The Bertz CT molecular complexity index is 482. The van der Waals surface area contributed by atoms with Crippen LogP contribution in [0.3, 0.4) is 0 Å². The van der Waals surface area contributed by atoms with Crippen LogP contribution in [0.25, 0.3) is 5.69 Å². The molecule has 2 N–H and O–H groups in total. The fourth-order valence-corrected chi connectivity index (χ4v) is 1.19. The molecule has 2 aromatic rings. The zero-order valence-corrected chi connectivity index (χ0v) is 7.21. The summed E-state index contributed by atoms with van der Waals surface area (Å²) in [6.07, 6.45) is 4.39. The van der Waals surface area contributed by atoms with Gasteiger partial charge in [-0.05, 0) is 12.2 Å². The number of nitrogens with one attached hydrogen (secondary N) is 2. The third-order valence-corrected chi connectivity index (χ3v) is 1.77. The standard InChI is InChI=1S/C6H5N5OS/c12-5-9-10-6(13)11(5)4-1-7-3-8-2-4/h1-3H,(H,9,12)(H,10,13). The van der Waals surface area contributed by atoms with Crippen LogP contribution in [0.5, 0.6) is 0 Å². The summed E-state index contributed by atoms with van der Waals surface area (Å²) in [6, 6.07) is 0. The summed E-state index contributed by atoms with van der Waals surface area (Å²) in [6.45, 7) is 0. The van der Waals surface area contributed by atoms with Crippen molar-refractivity contribution in [1.82, 2.24) is 24.7 Å². The quantitative estimate of drug-likeness (QED) is 0.628. The molecular formula is C6H5N5OS. The zero-order valence-electron chi connectivity index (χ0n) is 6.39. The van der Waals surface area contributed by atoms with Crippen LogP contribution in [0.4, 0.5) is 0 Å². The molecule has 0 aliphatic heterocycles. The van der Waals surface area contributed by atoms with E-state index in [-0.39, 0.29) is 5.69 Å². The summed E-state index contributed by atoms with van der Waals surface area (Å²) < 4.78 is 1.56. The number of aromatic nitrogens is 5. The lowest BCUT2D eigenvalue weighted by Gasteiger charge is -1.95. The Balaban J connectivity index is 2.73. The summed E-state index contributed by atoms with van der Waals surface area (Å²) >= 11 is 4.88. The molecule has 2 rings (SSSR count). The lowest BCUT2D eigenvalue weighted by Crippen LogP contribution is -2.15. The van der Waals surface area contributed by atoms with Crippen molar-refractivity contribution in [3.63, 3.8) is 0 Å². The van der Waals surface area contributed by atoms with Crippen LogP contribution in [0, 0.1) is 4.77 Å². The van der Waals surface area contributed by atoms with Gasteiger partial charge in [0.2, 0.25) is 4.77 Å². The molecule has 0 atom stereocenters. The van der Waals surface area contributed by atoms with Gasteiger partial charge in [-0.15, -0.1) is 0 Å². The van der Waals surface area contributed by atoms with Crippen LogP contribution >= 0.6 is 12.2 Å². The van der Waals surface area contributed by atoms with Crippen molar-refractivity contribution in [1.29, 1.82) is 0 Å². The Morgan fingerprint density at radius 2 is 2.00 bits per heavy atom. The van der Waals surface area contributed by atoms with Gasteiger partial charge < -0.3 is 0 Å². The third-order valence-electron chi connectivity index (χ3n) is 1.49. The maximum absolute atomic E-state index is 11.2. The van der Waals surface area contributed by atoms with Crippen LogP contribution in [0.2, 0.25) is 0 Å². The van der Waals surface area contributed by atoms with Crippen molar-refractivity contribution in [3.8, 4) is 5.69 Å². The Hall–Kier alpha value is -1.76. The molecule has 0 aliphatic rings. The highest BCUT2D eigenvalue weighted by molar-refractivity contribution is 7.71. The van der Waals surface area contributed by atoms with Crippen LogP contribution in [0.1, 0.15) is 0 Å². The Labute approximate surface area is 77.3 Å². The van der Waals surface area contributed by atoms with Gasteiger partial charge in [0.1, 0.15) is 6.33 Å². The van der Waals surface area contributed by atoms with E-state index in [0.29, 0.717) is 10.5 Å². The minimum atomic E-state index is -0.334. The van der Waals surface area contributed by atoms with Crippen molar-refractivity contribution in [2.24, 2.45) is 0 Å². The fraction of sp³-hybridized carbons (Fsp3) is 0. The maximum atomic E-state index is 11.2. The summed E-state index contributed by atoms with van der Waals surface area (Å²) in [7, 11) is 0. The van der Waals surface area contributed by atoms with Crippen molar-refractivity contribution in [2.75, 3.05) is 0 Å². The minimum Gasteiger partial charge on any atom is -0.272 e. The van der Waals surface area contributed by atoms with Crippen molar-refractivity contribution in [3.05, 3.63) is 34.0 Å². The number of hydrogen-bond donors (Lipinski definition) is 2. The van der Waals surface area contributed by atoms with Gasteiger partial charge in [-0.25, -0.2) is 24.4 Å². The highest BCUT2D eigenvalue weighted by atomic mass is 32.1. The van der Waals surface area contributed by atoms with Crippen molar-refractivity contribution >= 4 is 12.2 Å². The molecule has 0 unspecified atom stereocenters. The summed E-state index contributed by atoms with van der Waals surface area (Å²) in [5, 5.41) is 4.88. The van der Waals surface area contributed by atoms with Gasteiger partial charge in [0.05, 0.1) is 18.1 Å². The van der Waals surface area contributed by atoms with Gasteiger partial charge in [-0.1, -0.05) is 0 Å². The molecule has 0 aliphatic carbocycles. The second kappa shape index (κ2) is 2.94. The molecule has 0 spiro atoms. The number of rotatable bonds is 1. The van der Waals surface area contributed by atoms with Gasteiger partial charge in [-0.2, -0.15) is 0 Å². The highest BCUT2D eigenvalue weighted by Gasteiger charge is 2.02. The molecule has 0 saturated carbocycles. The molecule has 0 aromatic carbocycles. The normalized spacial score (nSPS) is 10.2. The molecule has 2 aromatic heterocycles. The Morgan fingerprint density at radius 1 is 1.31 bits per heavy atom. The molecule has 7 heteroatoms. The third kappa shape index (κ3) is 1.29. The summed E-state index contributed by atoms with van der Waals surface area (Å²) in [5.74, 6) is 0. The van der Waals surface area contributed by atoms with Gasteiger partial charge in [0.25, 0.3) is 0 Å². The smallest absolute Gasteiger partial charge is 0.272 e. The number of hydrogen-bond acceptors (Lipinski definition) is 4. The molecule has 66 valence electrons. The van der Waals surface area contributed by atoms with E-state index >= 15 is 0 Å². The molecule has 13 heavy (non-hydrogen) atoms. The van der Waals surface area contributed by atoms with E-state index in [1.165, 1.54) is 23.3 Å². The molecule has 0 radical (unpaired) electrons. The average molecular weight is 195 g/mol. The minimum absolute atomic E-state index is 0.291. The van der Waals surface area contributed by atoms with Gasteiger partial charge >= 0.3 is 5.69 Å². The van der Waals surface area contributed by atoms with E-state index in [1.54, 1.807) is 0 Å². The highest BCUT2D eigenvalue weighted by Crippen LogP contribution is 1.98. The predicted molar refractivity (Wildman–Crippen MR) is 47.2 cm³/mol. The average Bonchev–Trinajstić information content (AvgIpc) is 2.48. The number of aromatic amines is 2. The molecule has 0 saturated heterocycles. The molecule has 0 fully saturated rings. The van der Waals surface area contributed by atoms with Crippen LogP contribution < -0.4 is 5.69 Å². The second-order valence-corrected chi connectivity index (χ2v) is 2.68. The maximum Gasteiger partial charge on any atom is 0.347 e. The van der Waals surface area contributed by atoms with Gasteiger partial charge in [0.15, 0.2) is 0 Å².